The molecule has 0 aliphatic carbocycles. The molecule has 2 aromatic rings. The summed E-state index contributed by atoms with van der Waals surface area (Å²) in [7, 11) is 0. The van der Waals surface area contributed by atoms with E-state index in [2.05, 4.69) is 26.1 Å². The molecule has 1 heterocycles. The summed E-state index contributed by atoms with van der Waals surface area (Å²) in [5, 5.41) is 3.64. The minimum Gasteiger partial charge on any atom is -0.333 e. The summed E-state index contributed by atoms with van der Waals surface area (Å²) in [6.07, 6.45) is 0. The zero-order valence-electron chi connectivity index (χ0n) is 6.67. The van der Waals surface area contributed by atoms with Crippen molar-refractivity contribution < 1.29 is 8.91 Å². The summed E-state index contributed by atoms with van der Waals surface area (Å²) in [6, 6.07) is 4.53. The molecule has 0 saturated carbocycles. The fourth-order valence-corrected chi connectivity index (χ4v) is 1.65. The van der Waals surface area contributed by atoms with E-state index in [9.17, 15) is 4.39 Å². The van der Waals surface area contributed by atoms with Gasteiger partial charge in [0.25, 0.3) is 5.89 Å². The lowest BCUT2D eigenvalue weighted by Gasteiger charge is -1.96. The van der Waals surface area contributed by atoms with Crippen molar-refractivity contribution in [2.75, 3.05) is 0 Å². The summed E-state index contributed by atoms with van der Waals surface area (Å²) in [4.78, 5) is 4.02. The quantitative estimate of drug-likeness (QED) is 0.725. The molecule has 0 atom stereocenters. The molecule has 0 saturated heterocycles. The zero-order chi connectivity index (χ0) is 10.1. The van der Waals surface area contributed by atoms with E-state index in [0.29, 0.717) is 19.8 Å². The molecule has 0 aliphatic heterocycles. The molecule has 1 aromatic carbocycles. The highest BCUT2D eigenvalue weighted by atomic mass is 127. The van der Waals surface area contributed by atoms with Crippen LogP contribution in [0.1, 0.15) is 0 Å². The van der Waals surface area contributed by atoms with Crippen molar-refractivity contribution in [2.45, 2.75) is 0 Å². The van der Waals surface area contributed by atoms with E-state index >= 15 is 0 Å². The minimum atomic E-state index is -0.317. The Labute approximate surface area is 101 Å². The van der Waals surface area contributed by atoms with E-state index in [1.165, 1.54) is 6.07 Å². The zero-order valence-corrected chi connectivity index (χ0v) is 10.4. The topological polar surface area (TPSA) is 38.9 Å². The Morgan fingerprint density at radius 1 is 1.43 bits per heavy atom. The van der Waals surface area contributed by atoms with Gasteiger partial charge in [0.1, 0.15) is 5.82 Å². The summed E-state index contributed by atoms with van der Waals surface area (Å²) in [5.74, 6) is 0.0677. The Hall–Kier alpha value is -0.500. The van der Waals surface area contributed by atoms with E-state index in [0.717, 1.165) is 0 Å². The molecule has 0 fully saturated rings. The predicted octanol–water partition coefficient (Wildman–Crippen LogP) is 3.24. The number of hydrogen-bond acceptors (Lipinski definition) is 3. The second-order valence-electron chi connectivity index (χ2n) is 2.50. The third-order valence-electron chi connectivity index (χ3n) is 1.57. The summed E-state index contributed by atoms with van der Waals surface area (Å²) in [5.41, 5.74) is 0.689. The van der Waals surface area contributed by atoms with Crippen LogP contribution >= 0.6 is 38.5 Å². The van der Waals surface area contributed by atoms with Gasteiger partial charge in [-0.2, -0.15) is 4.98 Å². The number of hydrogen-bond donors (Lipinski definition) is 0. The Balaban J connectivity index is 2.47. The van der Waals surface area contributed by atoms with Crippen LogP contribution in [0.5, 0.6) is 0 Å². The van der Waals surface area contributed by atoms with Crippen LogP contribution in [0.15, 0.2) is 27.2 Å². The van der Waals surface area contributed by atoms with Crippen LogP contribution < -0.4 is 0 Å². The first-order chi connectivity index (χ1) is 6.66. The molecule has 0 amide bonds. The van der Waals surface area contributed by atoms with Crippen LogP contribution in [0.2, 0.25) is 0 Å². The first-order valence-electron chi connectivity index (χ1n) is 3.61. The average Bonchev–Trinajstić information content (AvgIpc) is 2.57. The third kappa shape index (κ3) is 1.95. The van der Waals surface area contributed by atoms with Crippen LogP contribution in [0, 0.1) is 9.65 Å². The van der Waals surface area contributed by atoms with Crippen molar-refractivity contribution in [1.29, 1.82) is 0 Å². The van der Waals surface area contributed by atoms with Gasteiger partial charge in [-0.15, -0.1) is 0 Å². The molecule has 0 aliphatic rings. The maximum absolute atomic E-state index is 12.9. The Morgan fingerprint density at radius 2 is 2.21 bits per heavy atom. The van der Waals surface area contributed by atoms with Crippen LogP contribution in [-0.4, -0.2) is 10.1 Å². The molecule has 2 rings (SSSR count). The highest BCUT2D eigenvalue weighted by molar-refractivity contribution is 14.1. The number of benzene rings is 1. The molecule has 0 radical (unpaired) electrons. The lowest BCUT2D eigenvalue weighted by atomic mass is 10.2. The Bertz CT molecular complexity index is 474. The van der Waals surface area contributed by atoms with Crippen molar-refractivity contribution in [1.82, 2.24) is 10.1 Å². The fourth-order valence-electron chi connectivity index (χ4n) is 0.952. The molecule has 0 unspecified atom stereocenters. The second kappa shape index (κ2) is 3.93. The van der Waals surface area contributed by atoms with Gasteiger partial charge in [-0.3, -0.25) is 0 Å². The van der Waals surface area contributed by atoms with Crippen molar-refractivity contribution in [2.24, 2.45) is 0 Å². The standard InChI is InChI=1S/C8H3BrFIN2O/c9-5-3-4(1-2-6(5)10)7-12-8(11)13-14-7/h1-3H. The minimum absolute atomic E-state index is 0.317. The van der Waals surface area contributed by atoms with Gasteiger partial charge in [0.2, 0.25) is 3.83 Å². The molecule has 0 N–H and O–H groups in total. The third-order valence-corrected chi connectivity index (χ3v) is 2.61. The molecule has 72 valence electrons. The van der Waals surface area contributed by atoms with Crippen molar-refractivity contribution in [3.8, 4) is 11.5 Å². The van der Waals surface area contributed by atoms with Crippen LogP contribution in [0.4, 0.5) is 4.39 Å². The van der Waals surface area contributed by atoms with Gasteiger partial charge >= 0.3 is 0 Å². The molecule has 1 aromatic heterocycles. The molecule has 0 spiro atoms. The highest BCUT2D eigenvalue weighted by Crippen LogP contribution is 2.23. The maximum Gasteiger partial charge on any atom is 0.258 e. The SMILES string of the molecule is Fc1ccc(-c2nc(I)no2)cc1Br. The molecule has 14 heavy (non-hydrogen) atoms. The van der Waals surface area contributed by atoms with Crippen molar-refractivity contribution in [3.05, 3.63) is 32.3 Å². The monoisotopic (exact) mass is 368 g/mol. The van der Waals surface area contributed by atoms with Gasteiger partial charge in [0.15, 0.2) is 0 Å². The summed E-state index contributed by atoms with van der Waals surface area (Å²) < 4.78 is 18.7. The van der Waals surface area contributed by atoms with Gasteiger partial charge in [-0.1, -0.05) is 5.16 Å². The molecule has 6 heteroatoms. The molecule has 3 nitrogen and oxygen atoms in total. The molecule has 0 bridgehead atoms. The van der Waals surface area contributed by atoms with Gasteiger partial charge < -0.3 is 4.52 Å². The van der Waals surface area contributed by atoms with Gasteiger partial charge in [-0.05, 0) is 34.1 Å². The van der Waals surface area contributed by atoms with E-state index < -0.39 is 0 Å². The van der Waals surface area contributed by atoms with Crippen LogP contribution in [0.3, 0.4) is 0 Å². The largest absolute Gasteiger partial charge is 0.333 e. The lowest BCUT2D eigenvalue weighted by Crippen LogP contribution is -1.81. The Morgan fingerprint density at radius 3 is 2.79 bits per heavy atom. The normalized spacial score (nSPS) is 10.5. The van der Waals surface area contributed by atoms with E-state index in [4.69, 9.17) is 4.52 Å². The molecular weight excluding hydrogens is 366 g/mol. The smallest absolute Gasteiger partial charge is 0.258 e. The molecular formula is C8H3BrFIN2O. The first kappa shape index (κ1) is 10.0. The van der Waals surface area contributed by atoms with Gasteiger partial charge in [0.05, 0.1) is 4.47 Å². The lowest BCUT2D eigenvalue weighted by molar-refractivity contribution is 0.426. The fraction of sp³-hybridized carbons (Fsp3) is 0. The van der Waals surface area contributed by atoms with Crippen LogP contribution in [-0.2, 0) is 0 Å². The van der Waals surface area contributed by atoms with Crippen LogP contribution in [0.25, 0.3) is 11.5 Å². The maximum atomic E-state index is 12.9. The number of halogens is 3. The van der Waals surface area contributed by atoms with E-state index in [1.54, 1.807) is 12.1 Å². The van der Waals surface area contributed by atoms with Crippen molar-refractivity contribution in [3.63, 3.8) is 0 Å². The first-order valence-corrected chi connectivity index (χ1v) is 5.48. The average molecular weight is 369 g/mol. The number of rotatable bonds is 1. The van der Waals surface area contributed by atoms with Crippen molar-refractivity contribution >= 4 is 38.5 Å². The van der Waals surface area contributed by atoms with E-state index in [-0.39, 0.29) is 5.82 Å². The summed E-state index contributed by atoms with van der Waals surface area (Å²) in [6.45, 7) is 0. The number of nitrogens with zero attached hydrogens (tertiary/aromatic N) is 2. The van der Waals surface area contributed by atoms with E-state index in [1.807, 2.05) is 22.6 Å². The van der Waals surface area contributed by atoms with Gasteiger partial charge in [0, 0.05) is 28.2 Å². The second-order valence-corrected chi connectivity index (χ2v) is 4.32. The Kier molecular flexibility index (Phi) is 2.82. The van der Waals surface area contributed by atoms with Gasteiger partial charge in [-0.25, -0.2) is 4.39 Å². The number of aromatic nitrogens is 2. The highest BCUT2D eigenvalue weighted by Gasteiger charge is 2.08. The predicted molar refractivity (Wildman–Crippen MR) is 60.1 cm³/mol. The summed E-state index contributed by atoms with van der Waals surface area (Å²) >= 11 is 5.02.